The number of rotatable bonds is 6. The molecule has 1 unspecified atom stereocenters. The summed E-state index contributed by atoms with van der Waals surface area (Å²) in [4.78, 5) is 12.1. The highest BCUT2D eigenvalue weighted by atomic mass is 32.2. The summed E-state index contributed by atoms with van der Waals surface area (Å²) in [5.74, 6) is 1.05. The summed E-state index contributed by atoms with van der Waals surface area (Å²) in [5, 5.41) is 10.8. The predicted octanol–water partition coefficient (Wildman–Crippen LogP) is 2.90. The average Bonchev–Trinajstić information content (AvgIpc) is 3.19. The maximum atomic E-state index is 12.1. The van der Waals surface area contributed by atoms with Gasteiger partial charge in [0.25, 0.3) is 0 Å². The first-order valence-electron chi connectivity index (χ1n) is 6.56. The zero-order valence-corrected chi connectivity index (χ0v) is 12.5. The van der Waals surface area contributed by atoms with E-state index in [4.69, 9.17) is 0 Å². The van der Waals surface area contributed by atoms with Crippen LogP contribution in [0.3, 0.4) is 0 Å². The van der Waals surface area contributed by atoms with E-state index >= 15 is 0 Å². The van der Waals surface area contributed by atoms with E-state index < -0.39 is 0 Å². The number of benzene rings is 1. The van der Waals surface area contributed by atoms with Gasteiger partial charge in [0.05, 0.1) is 11.8 Å². The summed E-state index contributed by atoms with van der Waals surface area (Å²) >= 11 is 2.90. The van der Waals surface area contributed by atoms with Crippen molar-refractivity contribution >= 4 is 29.0 Å². The number of carbonyl (C=O) groups is 1. The van der Waals surface area contributed by atoms with Crippen molar-refractivity contribution in [2.45, 2.75) is 23.2 Å². The van der Waals surface area contributed by atoms with Gasteiger partial charge in [-0.05, 0) is 24.3 Å². The van der Waals surface area contributed by atoms with Crippen molar-refractivity contribution < 1.29 is 4.79 Å². The molecule has 20 heavy (non-hydrogen) atoms. The number of aromatic nitrogens is 2. The molecule has 1 aliphatic carbocycles. The molecule has 6 heteroatoms. The van der Waals surface area contributed by atoms with Gasteiger partial charge >= 0.3 is 0 Å². The van der Waals surface area contributed by atoms with Gasteiger partial charge in [-0.1, -0.05) is 53.4 Å². The van der Waals surface area contributed by atoms with Gasteiger partial charge in [-0.2, -0.15) is 0 Å². The zero-order chi connectivity index (χ0) is 13.8. The lowest BCUT2D eigenvalue weighted by Crippen LogP contribution is -2.31. The first kappa shape index (κ1) is 13.6. The molecule has 1 heterocycles. The van der Waals surface area contributed by atoms with E-state index in [1.807, 2.05) is 18.2 Å². The van der Waals surface area contributed by atoms with Crippen LogP contribution in [0, 0.1) is 5.92 Å². The number of hydrogen-bond donors (Lipinski definition) is 1. The Bertz CT molecular complexity index is 555. The smallest absolute Gasteiger partial charge is 0.230 e. The van der Waals surface area contributed by atoms with Crippen molar-refractivity contribution in [3.8, 4) is 0 Å². The van der Waals surface area contributed by atoms with Crippen molar-refractivity contribution in [2.75, 3.05) is 5.75 Å². The van der Waals surface area contributed by atoms with E-state index in [1.165, 1.54) is 41.5 Å². The fraction of sp³-hybridized carbons (Fsp3) is 0.357. The lowest BCUT2D eigenvalue weighted by atomic mass is 10.0. The van der Waals surface area contributed by atoms with Crippen LogP contribution in [0.25, 0.3) is 0 Å². The molecular weight excluding hydrogens is 290 g/mol. The van der Waals surface area contributed by atoms with Gasteiger partial charge in [-0.3, -0.25) is 4.79 Å². The fourth-order valence-electron chi connectivity index (χ4n) is 2.13. The summed E-state index contributed by atoms with van der Waals surface area (Å²) < 4.78 is 0.836. The van der Waals surface area contributed by atoms with Crippen LogP contribution < -0.4 is 5.32 Å². The van der Waals surface area contributed by atoms with E-state index in [9.17, 15) is 4.79 Å². The highest BCUT2D eigenvalue weighted by Crippen LogP contribution is 2.41. The second-order valence-electron chi connectivity index (χ2n) is 4.79. The quantitative estimate of drug-likeness (QED) is 0.834. The number of nitrogens with one attached hydrogen (secondary N) is 1. The Morgan fingerprint density at radius 1 is 1.40 bits per heavy atom. The van der Waals surface area contributed by atoms with Gasteiger partial charge in [-0.25, -0.2) is 0 Å². The van der Waals surface area contributed by atoms with Gasteiger partial charge in [0.15, 0.2) is 4.34 Å². The Balaban J connectivity index is 1.58. The molecule has 0 saturated heterocycles. The molecule has 1 aliphatic rings. The SMILES string of the molecule is O=C(CSc1nncs1)NC(c1ccccc1)C1CC1. The molecule has 1 aromatic heterocycles. The summed E-state index contributed by atoms with van der Waals surface area (Å²) in [6.07, 6.45) is 2.40. The Labute approximate surface area is 126 Å². The standard InChI is InChI=1S/C14H15N3OS2/c18-12(8-19-14-17-15-9-20-14)16-13(11-6-7-11)10-4-2-1-3-5-10/h1-5,9,11,13H,6-8H2,(H,16,18). The Morgan fingerprint density at radius 2 is 2.20 bits per heavy atom. The highest BCUT2D eigenvalue weighted by Gasteiger charge is 2.33. The Hall–Kier alpha value is -1.40. The molecule has 104 valence electrons. The normalized spacial score (nSPS) is 15.8. The number of hydrogen-bond acceptors (Lipinski definition) is 5. The van der Waals surface area contributed by atoms with Crippen LogP contribution in [0.4, 0.5) is 0 Å². The van der Waals surface area contributed by atoms with Crippen LogP contribution in [0.1, 0.15) is 24.4 Å². The topological polar surface area (TPSA) is 54.9 Å². The van der Waals surface area contributed by atoms with Gasteiger partial charge in [0.1, 0.15) is 5.51 Å². The van der Waals surface area contributed by atoms with Gasteiger partial charge in [-0.15, -0.1) is 10.2 Å². The summed E-state index contributed by atoms with van der Waals surface area (Å²) in [5.41, 5.74) is 2.88. The molecule has 1 aromatic carbocycles. The number of nitrogens with zero attached hydrogens (tertiary/aromatic N) is 2. The maximum absolute atomic E-state index is 12.1. The molecule has 3 rings (SSSR count). The van der Waals surface area contributed by atoms with Crippen molar-refractivity contribution in [1.82, 2.24) is 15.5 Å². The average molecular weight is 305 g/mol. The monoisotopic (exact) mass is 305 g/mol. The van der Waals surface area contributed by atoms with E-state index in [-0.39, 0.29) is 11.9 Å². The number of carbonyl (C=O) groups excluding carboxylic acids is 1. The van der Waals surface area contributed by atoms with E-state index in [0.717, 1.165) is 4.34 Å². The lowest BCUT2D eigenvalue weighted by molar-refractivity contribution is -0.119. The van der Waals surface area contributed by atoms with Crippen molar-refractivity contribution in [3.63, 3.8) is 0 Å². The molecule has 0 radical (unpaired) electrons. The van der Waals surface area contributed by atoms with Gasteiger partial charge in [0.2, 0.25) is 5.91 Å². The second-order valence-corrected chi connectivity index (χ2v) is 6.84. The fourth-order valence-corrected chi connectivity index (χ4v) is 3.43. The molecule has 0 aliphatic heterocycles. The molecule has 1 atom stereocenters. The highest BCUT2D eigenvalue weighted by molar-refractivity contribution is 8.01. The number of amides is 1. The van der Waals surface area contributed by atoms with E-state index in [1.54, 1.807) is 5.51 Å². The van der Waals surface area contributed by atoms with Crippen LogP contribution in [0.15, 0.2) is 40.2 Å². The van der Waals surface area contributed by atoms with Crippen LogP contribution >= 0.6 is 23.1 Å². The minimum Gasteiger partial charge on any atom is -0.348 e. The molecule has 1 N–H and O–H groups in total. The predicted molar refractivity (Wildman–Crippen MR) is 80.7 cm³/mol. The Morgan fingerprint density at radius 3 is 2.85 bits per heavy atom. The second kappa shape index (κ2) is 6.37. The van der Waals surface area contributed by atoms with Crippen molar-refractivity contribution in [1.29, 1.82) is 0 Å². The summed E-state index contributed by atoms with van der Waals surface area (Å²) in [6.45, 7) is 0. The summed E-state index contributed by atoms with van der Waals surface area (Å²) in [7, 11) is 0. The molecule has 1 amide bonds. The van der Waals surface area contributed by atoms with Gasteiger partial charge in [0, 0.05) is 0 Å². The van der Waals surface area contributed by atoms with Crippen LogP contribution in [-0.2, 0) is 4.79 Å². The minimum absolute atomic E-state index is 0.0611. The first-order chi connectivity index (χ1) is 9.83. The summed E-state index contributed by atoms with van der Waals surface area (Å²) in [6, 6.07) is 10.4. The van der Waals surface area contributed by atoms with Gasteiger partial charge < -0.3 is 5.32 Å². The van der Waals surface area contributed by atoms with Crippen molar-refractivity contribution in [2.24, 2.45) is 5.92 Å². The first-order valence-corrected chi connectivity index (χ1v) is 8.43. The van der Waals surface area contributed by atoms with Crippen LogP contribution in [0.5, 0.6) is 0 Å². The zero-order valence-electron chi connectivity index (χ0n) is 10.9. The third-order valence-electron chi connectivity index (χ3n) is 3.24. The number of thioether (sulfide) groups is 1. The Kier molecular flexibility index (Phi) is 4.32. The largest absolute Gasteiger partial charge is 0.348 e. The molecule has 4 nitrogen and oxygen atoms in total. The minimum atomic E-state index is 0.0611. The lowest BCUT2D eigenvalue weighted by Gasteiger charge is -2.18. The third kappa shape index (κ3) is 3.58. The van der Waals surface area contributed by atoms with E-state index in [2.05, 4.69) is 27.6 Å². The molecule has 1 saturated carbocycles. The third-order valence-corrected chi connectivity index (χ3v) is 5.10. The van der Waals surface area contributed by atoms with Crippen LogP contribution in [-0.4, -0.2) is 21.9 Å². The molecule has 0 bridgehead atoms. The molecule has 1 fully saturated rings. The van der Waals surface area contributed by atoms with Crippen molar-refractivity contribution in [3.05, 3.63) is 41.4 Å². The molecule has 2 aromatic rings. The van der Waals surface area contributed by atoms with Crippen LogP contribution in [0.2, 0.25) is 0 Å². The molecular formula is C14H15N3OS2. The van der Waals surface area contributed by atoms with E-state index in [0.29, 0.717) is 11.7 Å². The molecule has 0 spiro atoms. The maximum Gasteiger partial charge on any atom is 0.230 e.